The zero-order chi connectivity index (χ0) is 11.9. The number of nitrogens with one attached hydrogen (secondary N) is 2. The van der Waals surface area contributed by atoms with Crippen molar-refractivity contribution in [3.8, 4) is 5.75 Å². The fraction of sp³-hybridized carbons (Fsp3) is 0.462. The molecule has 1 aromatic rings. The molecule has 0 radical (unpaired) electrons. The van der Waals surface area contributed by atoms with Gasteiger partial charge in [-0.1, -0.05) is 6.07 Å². The highest BCUT2D eigenvalue weighted by atomic mass is 16.5. The molecule has 4 nitrogen and oxygen atoms in total. The van der Waals surface area contributed by atoms with Gasteiger partial charge in [0.2, 0.25) is 5.91 Å². The molecule has 1 amide bonds. The van der Waals surface area contributed by atoms with Gasteiger partial charge >= 0.3 is 0 Å². The van der Waals surface area contributed by atoms with Crippen LogP contribution in [0.15, 0.2) is 18.2 Å². The molecule has 90 valence electrons. The highest BCUT2D eigenvalue weighted by Crippen LogP contribution is 2.48. The summed E-state index contributed by atoms with van der Waals surface area (Å²) < 4.78 is 5.42. The topological polar surface area (TPSA) is 50.4 Å². The van der Waals surface area contributed by atoms with Crippen molar-refractivity contribution in [2.75, 3.05) is 25.5 Å². The van der Waals surface area contributed by atoms with E-state index in [0.29, 0.717) is 0 Å². The van der Waals surface area contributed by atoms with E-state index in [2.05, 4.69) is 10.6 Å². The number of fused-ring (bicyclic) bond motifs is 2. The number of amides is 1. The van der Waals surface area contributed by atoms with Crippen LogP contribution in [0.5, 0.6) is 5.75 Å². The van der Waals surface area contributed by atoms with Crippen LogP contribution < -0.4 is 15.4 Å². The van der Waals surface area contributed by atoms with Crippen molar-refractivity contribution < 1.29 is 9.53 Å². The van der Waals surface area contributed by atoms with Gasteiger partial charge in [-0.2, -0.15) is 0 Å². The molecule has 2 aliphatic rings. The number of benzene rings is 1. The summed E-state index contributed by atoms with van der Waals surface area (Å²) >= 11 is 0. The average Bonchev–Trinajstić information content (AvgIpc) is 2.64. The molecule has 2 heterocycles. The van der Waals surface area contributed by atoms with Gasteiger partial charge in [0.05, 0.1) is 12.5 Å². The van der Waals surface area contributed by atoms with E-state index in [1.807, 2.05) is 18.2 Å². The Kier molecular flexibility index (Phi) is 2.33. The van der Waals surface area contributed by atoms with Crippen molar-refractivity contribution in [1.82, 2.24) is 5.32 Å². The van der Waals surface area contributed by atoms with Crippen LogP contribution in [0, 0.1) is 0 Å². The van der Waals surface area contributed by atoms with Crippen LogP contribution in [-0.2, 0) is 10.2 Å². The number of hydrogen-bond donors (Lipinski definition) is 2. The van der Waals surface area contributed by atoms with Crippen LogP contribution in [-0.4, -0.2) is 26.1 Å². The van der Waals surface area contributed by atoms with Gasteiger partial charge in [-0.3, -0.25) is 4.79 Å². The molecule has 2 aliphatic heterocycles. The fourth-order valence-electron chi connectivity index (χ4n) is 2.99. The fourth-order valence-corrected chi connectivity index (χ4v) is 2.99. The number of methoxy groups -OCH3 is 1. The smallest absolute Gasteiger partial charge is 0.235 e. The van der Waals surface area contributed by atoms with Crippen molar-refractivity contribution in [1.29, 1.82) is 0 Å². The minimum Gasteiger partial charge on any atom is -0.496 e. The van der Waals surface area contributed by atoms with Crippen molar-refractivity contribution >= 4 is 11.6 Å². The lowest BCUT2D eigenvalue weighted by Gasteiger charge is -2.32. The Labute approximate surface area is 100 Å². The molecule has 0 atom stereocenters. The first-order chi connectivity index (χ1) is 8.28. The second kappa shape index (κ2) is 3.74. The Morgan fingerprint density at radius 3 is 2.76 bits per heavy atom. The van der Waals surface area contributed by atoms with Crippen LogP contribution in [0.1, 0.15) is 18.4 Å². The molecule has 0 unspecified atom stereocenters. The summed E-state index contributed by atoms with van der Waals surface area (Å²) in [6.45, 7) is 1.76. The Morgan fingerprint density at radius 2 is 2.06 bits per heavy atom. The maximum Gasteiger partial charge on any atom is 0.235 e. The summed E-state index contributed by atoms with van der Waals surface area (Å²) in [4.78, 5) is 12.3. The van der Waals surface area contributed by atoms with E-state index in [1.165, 1.54) is 0 Å². The summed E-state index contributed by atoms with van der Waals surface area (Å²) in [5.74, 6) is 0.946. The zero-order valence-corrected chi connectivity index (χ0v) is 9.88. The van der Waals surface area contributed by atoms with Gasteiger partial charge < -0.3 is 15.4 Å². The molecule has 0 aliphatic carbocycles. The average molecular weight is 232 g/mol. The van der Waals surface area contributed by atoms with Gasteiger partial charge in [0.15, 0.2) is 0 Å². The lowest BCUT2D eigenvalue weighted by molar-refractivity contribution is -0.121. The van der Waals surface area contributed by atoms with Crippen molar-refractivity contribution in [2.24, 2.45) is 0 Å². The number of carbonyl (C=O) groups excluding carboxylic acids is 1. The number of ether oxygens (including phenoxy) is 1. The predicted octanol–water partition coefficient (Wildman–Crippen LogP) is 1.27. The molecule has 17 heavy (non-hydrogen) atoms. The number of hydrogen-bond acceptors (Lipinski definition) is 3. The third-order valence-electron chi connectivity index (χ3n) is 3.86. The summed E-state index contributed by atoms with van der Waals surface area (Å²) in [7, 11) is 1.66. The molecule has 0 saturated carbocycles. The number of anilines is 1. The lowest BCUT2D eigenvalue weighted by atomic mass is 9.74. The zero-order valence-electron chi connectivity index (χ0n) is 9.88. The van der Waals surface area contributed by atoms with E-state index in [9.17, 15) is 4.79 Å². The molecule has 1 saturated heterocycles. The highest BCUT2D eigenvalue weighted by molar-refractivity contribution is 6.07. The van der Waals surface area contributed by atoms with Gasteiger partial charge in [0, 0.05) is 11.3 Å². The Bertz CT molecular complexity index is 464. The monoisotopic (exact) mass is 232 g/mol. The minimum absolute atomic E-state index is 0.124. The van der Waals surface area contributed by atoms with Crippen molar-refractivity contribution in [3.05, 3.63) is 23.8 Å². The van der Waals surface area contributed by atoms with E-state index in [0.717, 1.165) is 42.9 Å². The normalized spacial score (nSPS) is 21.1. The first kappa shape index (κ1) is 10.6. The number of carbonyl (C=O) groups is 1. The second-order valence-electron chi connectivity index (χ2n) is 4.67. The molecule has 1 spiro atoms. The summed E-state index contributed by atoms with van der Waals surface area (Å²) in [6.07, 6.45) is 1.68. The minimum atomic E-state index is -0.382. The quantitative estimate of drug-likeness (QED) is 0.766. The Hall–Kier alpha value is -1.55. The summed E-state index contributed by atoms with van der Waals surface area (Å²) in [5, 5.41) is 6.29. The van der Waals surface area contributed by atoms with Crippen LogP contribution >= 0.6 is 0 Å². The molecule has 1 aromatic carbocycles. The first-order valence-corrected chi connectivity index (χ1v) is 5.97. The molecule has 2 N–H and O–H groups in total. The maximum atomic E-state index is 12.3. The molecule has 3 rings (SSSR count). The molecule has 0 bridgehead atoms. The molecule has 4 heteroatoms. The van der Waals surface area contributed by atoms with Crippen LogP contribution in [0.25, 0.3) is 0 Å². The van der Waals surface area contributed by atoms with Gasteiger partial charge in [0.1, 0.15) is 5.75 Å². The Balaban J connectivity index is 2.16. The highest BCUT2D eigenvalue weighted by Gasteiger charge is 2.48. The SMILES string of the molecule is COc1cccc2c1C1(CCNCC1)C(=O)N2. The Morgan fingerprint density at radius 1 is 1.29 bits per heavy atom. The standard InChI is InChI=1S/C13H16N2O2/c1-17-10-4-2-3-9-11(10)13(12(16)15-9)5-7-14-8-6-13/h2-4,14H,5-8H2,1H3,(H,15,16). The number of rotatable bonds is 1. The summed E-state index contributed by atoms with van der Waals surface area (Å²) in [6, 6.07) is 5.80. The van der Waals surface area contributed by atoms with E-state index in [-0.39, 0.29) is 11.3 Å². The van der Waals surface area contributed by atoms with E-state index in [4.69, 9.17) is 4.74 Å². The maximum absolute atomic E-state index is 12.3. The second-order valence-corrected chi connectivity index (χ2v) is 4.67. The van der Waals surface area contributed by atoms with Crippen LogP contribution in [0.4, 0.5) is 5.69 Å². The third kappa shape index (κ3) is 1.37. The van der Waals surface area contributed by atoms with Crippen molar-refractivity contribution in [3.63, 3.8) is 0 Å². The lowest BCUT2D eigenvalue weighted by Crippen LogP contribution is -2.44. The van der Waals surface area contributed by atoms with Gasteiger partial charge in [-0.05, 0) is 38.1 Å². The molecule has 1 fully saturated rings. The molecular weight excluding hydrogens is 216 g/mol. The van der Waals surface area contributed by atoms with E-state index < -0.39 is 0 Å². The molecule has 0 aromatic heterocycles. The summed E-state index contributed by atoms with van der Waals surface area (Å²) in [5.41, 5.74) is 1.58. The van der Waals surface area contributed by atoms with E-state index >= 15 is 0 Å². The van der Waals surface area contributed by atoms with Gasteiger partial charge in [-0.15, -0.1) is 0 Å². The van der Waals surface area contributed by atoms with E-state index in [1.54, 1.807) is 7.11 Å². The van der Waals surface area contributed by atoms with Crippen molar-refractivity contribution in [2.45, 2.75) is 18.3 Å². The van der Waals surface area contributed by atoms with Crippen LogP contribution in [0.2, 0.25) is 0 Å². The predicted molar refractivity (Wildman–Crippen MR) is 65.4 cm³/mol. The third-order valence-corrected chi connectivity index (χ3v) is 3.86. The van der Waals surface area contributed by atoms with Crippen LogP contribution in [0.3, 0.4) is 0 Å². The van der Waals surface area contributed by atoms with Gasteiger partial charge in [0.25, 0.3) is 0 Å². The largest absolute Gasteiger partial charge is 0.496 e. The molecular formula is C13H16N2O2. The van der Waals surface area contributed by atoms with Gasteiger partial charge in [-0.25, -0.2) is 0 Å². The first-order valence-electron chi connectivity index (χ1n) is 5.97. The number of piperidine rings is 1.